The van der Waals surface area contributed by atoms with Gasteiger partial charge in [0, 0.05) is 31.5 Å². The highest BCUT2D eigenvalue weighted by Gasteiger charge is 2.30. The third kappa shape index (κ3) is 3.02. The van der Waals surface area contributed by atoms with E-state index in [1.54, 1.807) is 18.6 Å². The Balaban J connectivity index is 2.08. The van der Waals surface area contributed by atoms with Crippen LogP contribution >= 0.6 is 0 Å². The van der Waals surface area contributed by atoms with Gasteiger partial charge in [-0.15, -0.1) is 0 Å². The molecule has 2 heterocycles. The van der Waals surface area contributed by atoms with Gasteiger partial charge in [0.15, 0.2) is 0 Å². The molecule has 2 atom stereocenters. The first-order valence-corrected chi connectivity index (χ1v) is 6.30. The normalized spacial score (nSPS) is 23.2. The van der Waals surface area contributed by atoms with Gasteiger partial charge >= 0.3 is 0 Å². The molecule has 3 N–H and O–H groups in total. The maximum absolute atomic E-state index is 5.81. The molecule has 0 bridgehead atoms. The topological polar surface area (TPSA) is 76.3 Å². The quantitative estimate of drug-likeness (QED) is 0.583. The number of morpholine rings is 1. The molecule has 6 heteroatoms. The van der Waals surface area contributed by atoms with Crippen LogP contribution in [0.25, 0.3) is 0 Å². The number of aromatic nitrogens is 2. The molecule has 1 aromatic heterocycles. The van der Waals surface area contributed by atoms with E-state index in [-0.39, 0.29) is 12.1 Å². The van der Waals surface area contributed by atoms with Gasteiger partial charge in [0.2, 0.25) is 0 Å². The highest BCUT2D eigenvalue weighted by atomic mass is 16.5. The van der Waals surface area contributed by atoms with E-state index < -0.39 is 0 Å². The molecule has 1 aliphatic rings. The summed E-state index contributed by atoms with van der Waals surface area (Å²) >= 11 is 0. The molecule has 0 amide bonds. The number of hydrazine groups is 1. The fraction of sp³-hybridized carbons (Fsp3) is 0.667. The van der Waals surface area contributed by atoms with E-state index in [0.29, 0.717) is 6.04 Å². The van der Waals surface area contributed by atoms with Crippen molar-refractivity contribution in [2.45, 2.75) is 32.0 Å². The van der Waals surface area contributed by atoms with Gasteiger partial charge in [-0.05, 0) is 13.8 Å². The number of rotatable bonds is 4. The molecule has 2 unspecified atom stereocenters. The molecule has 0 aromatic carbocycles. The van der Waals surface area contributed by atoms with Crippen molar-refractivity contribution in [1.82, 2.24) is 20.3 Å². The first kappa shape index (κ1) is 13.4. The molecule has 18 heavy (non-hydrogen) atoms. The number of hydrogen-bond donors (Lipinski definition) is 2. The number of nitrogens with two attached hydrogens (primary N) is 1. The van der Waals surface area contributed by atoms with Gasteiger partial charge in [0.1, 0.15) is 0 Å². The lowest BCUT2D eigenvalue weighted by atomic mass is 10.1. The van der Waals surface area contributed by atoms with E-state index >= 15 is 0 Å². The Morgan fingerprint density at radius 3 is 2.94 bits per heavy atom. The van der Waals surface area contributed by atoms with Crippen LogP contribution in [-0.4, -0.2) is 46.7 Å². The Kier molecular flexibility index (Phi) is 4.60. The van der Waals surface area contributed by atoms with Crippen molar-refractivity contribution >= 4 is 0 Å². The second-order valence-electron chi connectivity index (χ2n) is 4.77. The summed E-state index contributed by atoms with van der Waals surface area (Å²) in [6.07, 6.45) is 5.05. The molecule has 2 rings (SSSR count). The number of ether oxygens (including phenoxy) is 1. The molecule has 0 spiro atoms. The highest BCUT2D eigenvalue weighted by molar-refractivity contribution is 5.05. The van der Waals surface area contributed by atoms with Crippen molar-refractivity contribution in [3.05, 3.63) is 24.3 Å². The molecule has 1 aliphatic heterocycles. The van der Waals surface area contributed by atoms with Crippen LogP contribution < -0.4 is 11.3 Å². The van der Waals surface area contributed by atoms with Crippen LogP contribution in [0.2, 0.25) is 0 Å². The Morgan fingerprint density at radius 1 is 1.50 bits per heavy atom. The molecule has 1 saturated heterocycles. The van der Waals surface area contributed by atoms with Gasteiger partial charge < -0.3 is 4.74 Å². The van der Waals surface area contributed by atoms with Crippen molar-refractivity contribution in [2.75, 3.05) is 19.7 Å². The molecular weight excluding hydrogens is 230 g/mol. The maximum atomic E-state index is 5.81. The van der Waals surface area contributed by atoms with E-state index in [9.17, 15) is 0 Å². The predicted octanol–water partition coefficient (Wildman–Crippen LogP) is 0.0902. The number of nitrogens with one attached hydrogen (secondary N) is 1. The minimum absolute atomic E-state index is 0.00264. The molecule has 1 fully saturated rings. The summed E-state index contributed by atoms with van der Waals surface area (Å²) in [5.41, 5.74) is 3.61. The average molecular weight is 251 g/mol. The maximum Gasteiger partial charge on any atom is 0.0925 e. The number of hydrogen-bond acceptors (Lipinski definition) is 6. The summed E-state index contributed by atoms with van der Waals surface area (Å²) in [7, 11) is 0. The monoisotopic (exact) mass is 251 g/mol. The standard InChI is InChI=1S/C12H21N5O/c1-9(2)17-5-6-18-11(8-17)12(16-13)10-7-14-3-4-15-10/h3-4,7,9,11-12,16H,5-6,8,13H2,1-2H3. The van der Waals surface area contributed by atoms with Gasteiger partial charge in [-0.3, -0.25) is 20.7 Å². The van der Waals surface area contributed by atoms with Crippen molar-refractivity contribution in [1.29, 1.82) is 0 Å². The first-order chi connectivity index (χ1) is 8.72. The summed E-state index contributed by atoms with van der Waals surface area (Å²) in [5.74, 6) is 5.64. The number of nitrogens with zero attached hydrogens (tertiary/aromatic N) is 3. The summed E-state index contributed by atoms with van der Waals surface area (Å²) < 4.78 is 5.81. The third-order valence-corrected chi connectivity index (χ3v) is 3.31. The predicted molar refractivity (Wildman–Crippen MR) is 68.5 cm³/mol. The summed E-state index contributed by atoms with van der Waals surface area (Å²) in [6.45, 7) is 6.92. The van der Waals surface area contributed by atoms with E-state index in [4.69, 9.17) is 10.6 Å². The van der Waals surface area contributed by atoms with Crippen molar-refractivity contribution in [3.8, 4) is 0 Å². The zero-order valence-electron chi connectivity index (χ0n) is 10.9. The zero-order chi connectivity index (χ0) is 13.0. The second kappa shape index (κ2) is 6.19. The lowest BCUT2D eigenvalue weighted by Crippen LogP contribution is -2.51. The minimum Gasteiger partial charge on any atom is -0.373 e. The van der Waals surface area contributed by atoms with Crippen molar-refractivity contribution in [2.24, 2.45) is 5.84 Å². The van der Waals surface area contributed by atoms with Crippen LogP contribution in [0.5, 0.6) is 0 Å². The summed E-state index contributed by atoms with van der Waals surface area (Å²) in [6, 6.07) is 0.386. The van der Waals surface area contributed by atoms with E-state index in [1.165, 1.54) is 0 Å². The van der Waals surface area contributed by atoms with E-state index in [2.05, 4.69) is 34.1 Å². The van der Waals surface area contributed by atoms with Gasteiger partial charge in [0.25, 0.3) is 0 Å². The molecule has 0 radical (unpaired) electrons. The van der Waals surface area contributed by atoms with E-state index in [1.807, 2.05) is 0 Å². The zero-order valence-corrected chi connectivity index (χ0v) is 10.9. The SMILES string of the molecule is CC(C)N1CCOC(C(NN)c2cnccn2)C1. The molecule has 0 aliphatic carbocycles. The van der Waals surface area contributed by atoms with Crippen LogP contribution in [0.3, 0.4) is 0 Å². The lowest BCUT2D eigenvalue weighted by molar-refractivity contribution is -0.0568. The van der Waals surface area contributed by atoms with Crippen LogP contribution in [0.1, 0.15) is 25.6 Å². The Hall–Kier alpha value is -1.08. The van der Waals surface area contributed by atoms with Crippen LogP contribution in [0.15, 0.2) is 18.6 Å². The van der Waals surface area contributed by atoms with Gasteiger partial charge in [-0.2, -0.15) is 0 Å². The van der Waals surface area contributed by atoms with Crippen LogP contribution in [0, 0.1) is 0 Å². The van der Waals surface area contributed by atoms with Crippen molar-refractivity contribution < 1.29 is 4.74 Å². The fourth-order valence-electron chi connectivity index (χ4n) is 2.22. The molecular formula is C12H21N5O. The Morgan fingerprint density at radius 2 is 2.33 bits per heavy atom. The average Bonchev–Trinajstić information content (AvgIpc) is 2.41. The molecule has 1 aromatic rings. The van der Waals surface area contributed by atoms with Crippen LogP contribution in [0.4, 0.5) is 0 Å². The second-order valence-corrected chi connectivity index (χ2v) is 4.77. The van der Waals surface area contributed by atoms with Gasteiger partial charge in [0.05, 0.1) is 30.6 Å². The van der Waals surface area contributed by atoms with Crippen molar-refractivity contribution in [3.63, 3.8) is 0 Å². The van der Waals surface area contributed by atoms with Crippen LogP contribution in [-0.2, 0) is 4.74 Å². The fourth-order valence-corrected chi connectivity index (χ4v) is 2.22. The lowest BCUT2D eigenvalue weighted by Gasteiger charge is -2.38. The smallest absolute Gasteiger partial charge is 0.0925 e. The third-order valence-electron chi connectivity index (χ3n) is 3.31. The van der Waals surface area contributed by atoms with Gasteiger partial charge in [-0.25, -0.2) is 5.43 Å². The molecule has 0 saturated carbocycles. The first-order valence-electron chi connectivity index (χ1n) is 6.30. The summed E-state index contributed by atoms with van der Waals surface area (Å²) in [4.78, 5) is 10.8. The Labute approximate surface area is 108 Å². The Bertz CT molecular complexity index is 359. The molecule has 100 valence electrons. The van der Waals surface area contributed by atoms with E-state index in [0.717, 1.165) is 25.4 Å². The highest BCUT2D eigenvalue weighted by Crippen LogP contribution is 2.20. The molecule has 6 nitrogen and oxygen atoms in total. The summed E-state index contributed by atoms with van der Waals surface area (Å²) in [5, 5.41) is 0. The van der Waals surface area contributed by atoms with Gasteiger partial charge in [-0.1, -0.05) is 0 Å². The largest absolute Gasteiger partial charge is 0.373 e. The minimum atomic E-state index is -0.125.